The Morgan fingerprint density at radius 1 is 1.08 bits per heavy atom. The van der Waals surface area contributed by atoms with E-state index in [4.69, 9.17) is 10.00 Å². The van der Waals surface area contributed by atoms with Gasteiger partial charge in [0.2, 0.25) is 0 Å². The number of hydrogen-bond acceptors (Lipinski definition) is 4. The molecule has 1 saturated heterocycles. The van der Waals surface area contributed by atoms with E-state index in [1.165, 1.54) is 38.6 Å². The number of hydrogen-bond donors (Lipinski definition) is 0. The first-order chi connectivity index (χ1) is 17.4. The molecule has 1 spiro atoms. The third-order valence-corrected chi connectivity index (χ3v) is 11.2. The zero-order valence-corrected chi connectivity index (χ0v) is 22.1. The van der Waals surface area contributed by atoms with E-state index in [0.29, 0.717) is 16.5 Å². The molecule has 7 unspecified atom stereocenters. The molecule has 0 aromatic heterocycles. The van der Waals surface area contributed by atoms with Crippen molar-refractivity contribution in [2.75, 3.05) is 13.6 Å². The van der Waals surface area contributed by atoms with Gasteiger partial charge in [0.1, 0.15) is 6.10 Å². The summed E-state index contributed by atoms with van der Waals surface area (Å²) in [5.41, 5.74) is 3.50. The lowest BCUT2D eigenvalue weighted by molar-refractivity contribution is -0.0507. The van der Waals surface area contributed by atoms with E-state index >= 15 is 0 Å². The van der Waals surface area contributed by atoms with E-state index in [2.05, 4.69) is 50.8 Å². The highest BCUT2D eigenvalue weighted by molar-refractivity contribution is 5.89. The van der Waals surface area contributed by atoms with Gasteiger partial charge in [-0.2, -0.15) is 5.26 Å². The van der Waals surface area contributed by atoms with Gasteiger partial charge in [-0.25, -0.2) is 4.79 Å². The minimum absolute atomic E-state index is 0.0332. The zero-order valence-electron chi connectivity index (χ0n) is 22.1. The van der Waals surface area contributed by atoms with Gasteiger partial charge in [0.05, 0.1) is 17.2 Å². The molecule has 190 valence electrons. The van der Waals surface area contributed by atoms with E-state index in [-0.39, 0.29) is 17.5 Å². The average molecular weight is 485 g/mol. The Morgan fingerprint density at radius 2 is 1.81 bits per heavy atom. The molecule has 1 aromatic rings. The Balaban J connectivity index is 0.00000130. The predicted molar refractivity (Wildman–Crippen MR) is 142 cm³/mol. The average Bonchev–Trinajstić information content (AvgIpc) is 3.39. The minimum atomic E-state index is -0.261. The number of benzene rings is 1. The Bertz CT molecular complexity index is 1100. The van der Waals surface area contributed by atoms with Gasteiger partial charge in [-0.1, -0.05) is 18.6 Å². The van der Waals surface area contributed by atoms with Gasteiger partial charge >= 0.3 is 5.97 Å². The van der Waals surface area contributed by atoms with Crippen LogP contribution in [0.1, 0.15) is 81.1 Å². The predicted octanol–water partition coefficient (Wildman–Crippen LogP) is 6.23. The number of ether oxygens (including phenoxy) is 1. The molecule has 0 bridgehead atoms. The number of carbonyl (C=O) groups excluding carboxylic acids is 1. The number of terminal acetylenes is 1. The van der Waals surface area contributed by atoms with E-state index in [1.807, 2.05) is 0 Å². The molecule has 0 amide bonds. The fraction of sp³-hybridized carbons (Fsp3) is 0.625. The van der Waals surface area contributed by atoms with Crippen molar-refractivity contribution in [1.82, 2.24) is 4.90 Å². The number of esters is 1. The van der Waals surface area contributed by atoms with Crippen LogP contribution in [0.5, 0.6) is 0 Å². The molecular weight excluding hydrogens is 444 g/mol. The number of nitrogens with zero attached hydrogens (tertiary/aromatic N) is 2. The van der Waals surface area contributed by atoms with Crippen LogP contribution < -0.4 is 0 Å². The molecule has 8 atom stereocenters. The number of nitriles is 1. The van der Waals surface area contributed by atoms with Crippen LogP contribution in [0.25, 0.3) is 0 Å². The lowest BCUT2D eigenvalue weighted by Gasteiger charge is -2.58. The first kappa shape index (κ1) is 25.1. The molecule has 1 heterocycles. The summed E-state index contributed by atoms with van der Waals surface area (Å²) in [6.45, 7) is 6.31. The summed E-state index contributed by atoms with van der Waals surface area (Å²) >= 11 is 0. The molecular formula is C32H40N2O2. The van der Waals surface area contributed by atoms with Crippen molar-refractivity contribution in [2.24, 2.45) is 34.5 Å². The van der Waals surface area contributed by atoms with Crippen molar-refractivity contribution in [3.8, 4) is 18.9 Å². The summed E-state index contributed by atoms with van der Waals surface area (Å²) in [6, 6.07) is 9.62. The van der Waals surface area contributed by atoms with E-state index in [0.717, 1.165) is 49.0 Å². The summed E-state index contributed by atoms with van der Waals surface area (Å²) in [7, 11) is 2.35. The minimum Gasteiger partial charge on any atom is -0.458 e. The van der Waals surface area contributed by atoms with Crippen LogP contribution in [0, 0.1) is 58.7 Å². The third kappa shape index (κ3) is 3.72. The normalized spacial score (nSPS) is 40.7. The van der Waals surface area contributed by atoms with Crippen LogP contribution in [0.15, 0.2) is 35.9 Å². The summed E-state index contributed by atoms with van der Waals surface area (Å²) in [5, 5.41) is 8.99. The molecule has 4 fully saturated rings. The Hall–Kier alpha value is -2.56. The van der Waals surface area contributed by atoms with Gasteiger partial charge in [0, 0.05) is 19.0 Å². The summed E-state index contributed by atoms with van der Waals surface area (Å²) < 4.78 is 5.96. The number of fused-ring (bicyclic) bond motifs is 4. The zero-order chi connectivity index (χ0) is 25.7. The Kier molecular flexibility index (Phi) is 6.55. The van der Waals surface area contributed by atoms with Crippen molar-refractivity contribution in [3.05, 3.63) is 47.0 Å². The number of allylic oxidation sites excluding steroid dienone is 1. The lowest BCUT2D eigenvalue weighted by Crippen LogP contribution is -2.51. The molecule has 4 aliphatic carbocycles. The molecule has 0 N–H and O–H groups in total. The summed E-state index contributed by atoms with van der Waals surface area (Å²) in [5.74, 6) is 3.16. The Labute approximate surface area is 217 Å². The van der Waals surface area contributed by atoms with Crippen LogP contribution in [-0.4, -0.2) is 36.6 Å². The van der Waals surface area contributed by atoms with Crippen LogP contribution >= 0.6 is 0 Å². The summed E-state index contributed by atoms with van der Waals surface area (Å²) in [6.07, 6.45) is 20.4. The highest BCUT2D eigenvalue weighted by Gasteiger charge is 2.64. The fourth-order valence-electron chi connectivity index (χ4n) is 9.43. The third-order valence-electron chi connectivity index (χ3n) is 11.2. The lowest BCUT2D eigenvalue weighted by atomic mass is 9.47. The largest absolute Gasteiger partial charge is 0.458 e. The molecule has 0 radical (unpaired) electrons. The van der Waals surface area contributed by atoms with Gasteiger partial charge in [0.15, 0.2) is 0 Å². The molecule has 4 nitrogen and oxygen atoms in total. The van der Waals surface area contributed by atoms with Crippen LogP contribution in [0.3, 0.4) is 0 Å². The smallest absolute Gasteiger partial charge is 0.338 e. The van der Waals surface area contributed by atoms with Crippen molar-refractivity contribution in [2.45, 2.75) is 77.4 Å². The van der Waals surface area contributed by atoms with Gasteiger partial charge in [-0.05, 0) is 118 Å². The monoisotopic (exact) mass is 484 g/mol. The first-order valence-electron chi connectivity index (χ1n) is 13.8. The second kappa shape index (κ2) is 9.39. The molecule has 4 heteroatoms. The molecule has 1 aliphatic heterocycles. The van der Waals surface area contributed by atoms with E-state index in [9.17, 15) is 4.79 Å². The van der Waals surface area contributed by atoms with Crippen LogP contribution in [-0.2, 0) is 4.74 Å². The maximum Gasteiger partial charge on any atom is 0.338 e. The molecule has 6 rings (SSSR count). The molecule has 5 aliphatic rings. The molecule has 3 saturated carbocycles. The SMILES string of the molecule is C#C.CC1[C@H]2CCC3C4CC=C5CC(OC(=O)c6ccc(C#N)cc6)CCC5(C)C4CCC32CN1C. The van der Waals surface area contributed by atoms with E-state index < -0.39 is 0 Å². The molecule has 1 aromatic carbocycles. The second-order valence-corrected chi connectivity index (χ2v) is 12.3. The van der Waals surface area contributed by atoms with Crippen molar-refractivity contribution >= 4 is 5.97 Å². The number of likely N-dealkylation sites (tertiary alicyclic amines) is 1. The maximum absolute atomic E-state index is 12.7. The second-order valence-electron chi connectivity index (χ2n) is 12.3. The van der Waals surface area contributed by atoms with Gasteiger partial charge < -0.3 is 9.64 Å². The maximum atomic E-state index is 12.7. The van der Waals surface area contributed by atoms with Crippen LogP contribution in [0.2, 0.25) is 0 Å². The number of carbonyl (C=O) groups is 1. The first-order valence-corrected chi connectivity index (χ1v) is 13.8. The van der Waals surface area contributed by atoms with Gasteiger partial charge in [-0.15, -0.1) is 12.8 Å². The van der Waals surface area contributed by atoms with E-state index in [1.54, 1.807) is 29.8 Å². The standard InChI is InChI=1S/C30H38N2O2.C2H2/c1-19-25-10-11-27-24-9-8-22-16-23(34-28(33)21-6-4-20(17-31)5-7-21)12-14-29(22,2)26(24)13-15-30(25,27)18-32(19)3;1-2/h4-8,19,23-27H,9-16,18H2,1-3H3;1-2H/t19?,23?,24?,25-,26?,27?,29?,30?;/m1./s1. The van der Waals surface area contributed by atoms with Crippen molar-refractivity contribution in [3.63, 3.8) is 0 Å². The van der Waals surface area contributed by atoms with Gasteiger partial charge in [0.25, 0.3) is 0 Å². The highest BCUT2D eigenvalue weighted by Crippen LogP contribution is 2.68. The van der Waals surface area contributed by atoms with Crippen molar-refractivity contribution < 1.29 is 9.53 Å². The Morgan fingerprint density at radius 3 is 2.53 bits per heavy atom. The van der Waals surface area contributed by atoms with Gasteiger partial charge in [-0.3, -0.25) is 0 Å². The number of rotatable bonds is 2. The summed E-state index contributed by atoms with van der Waals surface area (Å²) in [4.78, 5) is 15.4. The molecule has 36 heavy (non-hydrogen) atoms. The van der Waals surface area contributed by atoms with Crippen LogP contribution in [0.4, 0.5) is 0 Å². The topological polar surface area (TPSA) is 53.3 Å². The quantitative estimate of drug-likeness (QED) is 0.284. The highest BCUT2D eigenvalue weighted by atomic mass is 16.5. The fourth-order valence-corrected chi connectivity index (χ4v) is 9.43. The van der Waals surface area contributed by atoms with Crippen molar-refractivity contribution in [1.29, 1.82) is 5.26 Å².